The molecule has 3 rings (SSSR count). The second-order valence-electron chi connectivity index (χ2n) is 6.74. The van der Waals surface area contributed by atoms with Crippen LogP contribution in [0.15, 0.2) is 48.5 Å². The molecule has 0 aliphatic rings. The first-order valence-corrected chi connectivity index (χ1v) is 9.21. The highest BCUT2D eigenvalue weighted by Gasteiger charge is 2.37. The average molecular weight is 406 g/mol. The van der Waals surface area contributed by atoms with Crippen LogP contribution in [0.1, 0.15) is 25.3 Å². The number of hydrogen-bond donors (Lipinski definition) is 0. The molecule has 0 bridgehead atoms. The van der Waals surface area contributed by atoms with Crippen LogP contribution in [0.2, 0.25) is 0 Å². The van der Waals surface area contributed by atoms with Gasteiger partial charge >= 0.3 is 0 Å². The summed E-state index contributed by atoms with van der Waals surface area (Å²) in [5, 5.41) is 0. The van der Waals surface area contributed by atoms with Gasteiger partial charge in [-0.1, -0.05) is 31.5 Å². The van der Waals surface area contributed by atoms with Crippen LogP contribution in [-0.2, 0) is 6.42 Å². The van der Waals surface area contributed by atoms with Crippen molar-refractivity contribution in [2.24, 2.45) is 0 Å². The normalized spacial score (nSPS) is 11.0. The zero-order chi connectivity index (χ0) is 21.1. The predicted octanol–water partition coefficient (Wildman–Crippen LogP) is 4.38. The highest BCUT2D eigenvalue weighted by molar-refractivity contribution is 6.95. The van der Waals surface area contributed by atoms with Crippen LogP contribution >= 0.6 is 0 Å². The van der Waals surface area contributed by atoms with Crippen molar-refractivity contribution >= 4 is 23.1 Å². The van der Waals surface area contributed by atoms with E-state index in [-0.39, 0.29) is 12.0 Å². The van der Waals surface area contributed by atoms with Gasteiger partial charge in [-0.3, -0.25) is 0 Å². The molecule has 0 fully saturated rings. The molecule has 0 saturated carbocycles. The molecule has 0 aromatic heterocycles. The van der Waals surface area contributed by atoms with Crippen molar-refractivity contribution in [1.82, 2.24) is 0 Å². The van der Waals surface area contributed by atoms with Crippen molar-refractivity contribution < 1.29 is 26.3 Å². The van der Waals surface area contributed by atoms with Crippen molar-refractivity contribution in [3.05, 3.63) is 89.0 Å². The largest absolute Gasteiger partial charge is 0.264 e. The first kappa shape index (κ1) is 21.0. The summed E-state index contributed by atoms with van der Waals surface area (Å²) >= 11 is 0. The summed E-state index contributed by atoms with van der Waals surface area (Å²) in [7, 11) is 0. The summed E-state index contributed by atoms with van der Waals surface area (Å²) in [6.45, 7) is -0.0897. The van der Waals surface area contributed by atoms with Crippen molar-refractivity contribution in [3.63, 3.8) is 0 Å². The van der Waals surface area contributed by atoms with Gasteiger partial charge in [0.15, 0.2) is 0 Å². The van der Waals surface area contributed by atoms with Gasteiger partial charge in [0.25, 0.3) is 6.71 Å². The monoisotopic (exact) mass is 406 g/mol. The Bertz CT molecular complexity index is 942. The number of benzene rings is 3. The summed E-state index contributed by atoms with van der Waals surface area (Å²) in [6, 6.07) is 7.81. The zero-order valence-corrected chi connectivity index (χ0v) is 15.6. The number of halogens is 6. The fourth-order valence-corrected chi connectivity index (χ4v) is 3.45. The first-order valence-electron chi connectivity index (χ1n) is 9.21. The average Bonchev–Trinajstić information content (AvgIpc) is 2.66. The van der Waals surface area contributed by atoms with Gasteiger partial charge in [0.1, 0.15) is 34.9 Å². The minimum Gasteiger partial charge on any atom is -0.207 e. The lowest BCUT2D eigenvalue weighted by Gasteiger charge is -2.20. The Morgan fingerprint density at radius 3 is 1.52 bits per heavy atom. The summed E-state index contributed by atoms with van der Waals surface area (Å²) in [5.74, 6) is -6.83. The molecule has 0 nitrogen and oxygen atoms in total. The van der Waals surface area contributed by atoms with Crippen LogP contribution in [0.25, 0.3) is 0 Å². The van der Waals surface area contributed by atoms with Crippen LogP contribution in [0, 0.1) is 34.9 Å². The quantitative estimate of drug-likeness (QED) is 0.421. The maximum Gasteiger partial charge on any atom is 0.264 e. The first-order chi connectivity index (χ1) is 13.9. The van der Waals surface area contributed by atoms with Crippen molar-refractivity contribution in [2.45, 2.75) is 26.2 Å². The highest BCUT2D eigenvalue weighted by Crippen LogP contribution is 2.15. The molecular formula is C22H17BF6. The van der Waals surface area contributed by atoms with E-state index in [1.54, 1.807) is 0 Å². The molecule has 0 heterocycles. The zero-order valence-electron chi connectivity index (χ0n) is 15.6. The molecule has 0 aliphatic carbocycles. The van der Waals surface area contributed by atoms with Gasteiger partial charge in [-0.25, -0.2) is 26.3 Å². The van der Waals surface area contributed by atoms with E-state index >= 15 is 4.39 Å². The number of hydrogen-bond acceptors (Lipinski definition) is 0. The predicted molar refractivity (Wildman–Crippen MR) is 102 cm³/mol. The van der Waals surface area contributed by atoms with E-state index < -0.39 is 58.0 Å². The number of unbranched alkanes of at least 4 members (excludes halogenated alkanes) is 1. The third-order valence-electron chi connectivity index (χ3n) is 4.87. The smallest absolute Gasteiger partial charge is 0.207 e. The summed E-state index contributed by atoms with van der Waals surface area (Å²) in [5.41, 5.74) is -2.31. The number of aryl methyl sites for hydroxylation is 1. The van der Waals surface area contributed by atoms with Crippen LogP contribution in [0.5, 0.6) is 0 Å². The maximum absolute atomic E-state index is 15.3. The summed E-state index contributed by atoms with van der Waals surface area (Å²) < 4.78 is 88.3. The lowest BCUT2D eigenvalue weighted by molar-refractivity contribution is 0.579. The van der Waals surface area contributed by atoms with Crippen molar-refractivity contribution in [1.29, 1.82) is 0 Å². The van der Waals surface area contributed by atoms with Crippen molar-refractivity contribution in [3.8, 4) is 0 Å². The molecule has 0 radical (unpaired) electrons. The van der Waals surface area contributed by atoms with Crippen LogP contribution < -0.4 is 16.4 Å². The van der Waals surface area contributed by atoms with E-state index in [4.69, 9.17) is 0 Å². The van der Waals surface area contributed by atoms with Crippen LogP contribution in [-0.4, -0.2) is 6.71 Å². The molecule has 0 aliphatic heterocycles. The molecule has 3 aromatic rings. The third-order valence-corrected chi connectivity index (χ3v) is 4.87. The molecule has 0 spiro atoms. The lowest BCUT2D eigenvalue weighted by Crippen LogP contribution is -2.59. The molecule has 0 unspecified atom stereocenters. The van der Waals surface area contributed by atoms with Crippen LogP contribution in [0.4, 0.5) is 26.3 Å². The lowest BCUT2D eigenvalue weighted by atomic mass is 9.36. The summed E-state index contributed by atoms with van der Waals surface area (Å²) in [6.07, 6.45) is 1.58. The van der Waals surface area contributed by atoms with E-state index in [0.29, 0.717) is 6.42 Å². The second kappa shape index (κ2) is 8.76. The minimum atomic E-state index is -1.97. The van der Waals surface area contributed by atoms with Crippen LogP contribution in [0.3, 0.4) is 0 Å². The van der Waals surface area contributed by atoms with Gasteiger partial charge in [-0.2, -0.15) is 0 Å². The Labute approximate surface area is 165 Å². The molecule has 0 amide bonds. The molecule has 0 atom stereocenters. The van der Waals surface area contributed by atoms with E-state index in [1.807, 2.05) is 6.92 Å². The molecule has 0 N–H and O–H groups in total. The standard InChI is InChI=1S/C22H17BF6/c1-2-3-6-13-11-12-18(28)21(22(13)29)23(19-14(24)7-4-8-15(19)25)20-16(26)9-5-10-17(20)27/h4-5,7-12H,2-3,6H2,1H3. The van der Waals surface area contributed by atoms with Gasteiger partial charge in [0.05, 0.1) is 0 Å². The van der Waals surface area contributed by atoms with Gasteiger partial charge < -0.3 is 0 Å². The molecular weight excluding hydrogens is 389 g/mol. The fraction of sp³-hybridized carbons (Fsp3) is 0.182. The van der Waals surface area contributed by atoms with Gasteiger partial charge in [-0.05, 0) is 48.7 Å². The van der Waals surface area contributed by atoms with Gasteiger partial charge in [0, 0.05) is 16.4 Å². The summed E-state index contributed by atoms with van der Waals surface area (Å²) in [4.78, 5) is 0. The second-order valence-corrected chi connectivity index (χ2v) is 6.74. The van der Waals surface area contributed by atoms with Gasteiger partial charge in [-0.15, -0.1) is 0 Å². The Kier molecular flexibility index (Phi) is 6.35. The van der Waals surface area contributed by atoms with Crippen molar-refractivity contribution in [2.75, 3.05) is 0 Å². The Morgan fingerprint density at radius 1 is 0.621 bits per heavy atom. The van der Waals surface area contributed by atoms with E-state index in [1.165, 1.54) is 6.07 Å². The fourth-order valence-electron chi connectivity index (χ4n) is 3.45. The Hall–Kier alpha value is -2.70. The molecule has 7 heteroatoms. The van der Waals surface area contributed by atoms with Gasteiger partial charge in [0.2, 0.25) is 0 Å². The maximum atomic E-state index is 15.3. The van der Waals surface area contributed by atoms with E-state index in [0.717, 1.165) is 48.9 Å². The SMILES string of the molecule is CCCCc1ccc(F)c(B(c2c(F)cccc2F)c2c(F)cccc2F)c1F. The molecule has 29 heavy (non-hydrogen) atoms. The Morgan fingerprint density at radius 2 is 1.07 bits per heavy atom. The van der Waals surface area contributed by atoms with E-state index in [9.17, 15) is 22.0 Å². The molecule has 3 aromatic carbocycles. The van der Waals surface area contributed by atoms with E-state index in [2.05, 4.69) is 0 Å². The minimum absolute atomic E-state index is 0.113. The topological polar surface area (TPSA) is 0 Å². The highest BCUT2D eigenvalue weighted by atomic mass is 19.2. The molecule has 150 valence electrons. The molecule has 0 saturated heterocycles. The number of rotatable bonds is 6. The third kappa shape index (κ3) is 4.04. The Balaban J connectivity index is 2.37.